The van der Waals surface area contributed by atoms with Gasteiger partial charge in [0.05, 0.1) is 22.3 Å². The van der Waals surface area contributed by atoms with Crippen molar-refractivity contribution in [2.45, 2.75) is 13.1 Å². The van der Waals surface area contributed by atoms with E-state index in [0.717, 1.165) is 17.5 Å². The monoisotopic (exact) mass is 488 g/mol. The molecular weight excluding hydrogens is 472 g/mol. The number of aryl methyl sites for hydroxylation is 1. The van der Waals surface area contributed by atoms with Crippen LogP contribution < -0.4 is 10.9 Å². The third-order valence-corrected chi connectivity index (χ3v) is 6.01. The molecule has 2 aromatic heterocycles. The van der Waals surface area contributed by atoms with Crippen molar-refractivity contribution in [3.63, 3.8) is 0 Å². The van der Waals surface area contributed by atoms with Gasteiger partial charge in [0.15, 0.2) is 5.69 Å². The number of carbonyl (C=O) groups is 2. The summed E-state index contributed by atoms with van der Waals surface area (Å²) < 4.78 is 55.2. The number of para-hydroxylation sites is 1. The molecule has 2 aromatic carbocycles. The smallest absolute Gasteiger partial charge is 0.267 e. The summed E-state index contributed by atoms with van der Waals surface area (Å²) in [6.07, 6.45) is -4.08. The van der Waals surface area contributed by atoms with Gasteiger partial charge in [-0.15, -0.1) is 11.3 Å². The number of nitrogens with zero attached hydrogens (tertiary/aromatic N) is 2. The number of benzene rings is 2. The van der Waals surface area contributed by atoms with Gasteiger partial charge in [0.1, 0.15) is 5.82 Å². The number of carbonyl (C=O) groups excluding carboxylic acids is 2. The molecule has 4 aromatic rings. The quantitative estimate of drug-likeness (QED) is 0.309. The molecule has 0 fully saturated rings. The van der Waals surface area contributed by atoms with Gasteiger partial charge in [-0.1, -0.05) is 30.3 Å². The number of nitrogens with one attached hydrogen (secondary N) is 2. The fourth-order valence-electron chi connectivity index (χ4n) is 3.24. The van der Waals surface area contributed by atoms with Gasteiger partial charge in [0, 0.05) is 4.88 Å². The molecule has 2 amide bonds. The second-order valence-corrected chi connectivity index (χ2v) is 8.27. The second kappa shape index (κ2) is 9.10. The zero-order chi connectivity index (χ0) is 24.5. The summed E-state index contributed by atoms with van der Waals surface area (Å²) in [5.74, 6) is -2.28. The fraction of sp³-hybridized carbons (Fsp3) is 0.0870. The van der Waals surface area contributed by atoms with Crippen LogP contribution in [-0.2, 0) is 6.18 Å². The van der Waals surface area contributed by atoms with E-state index in [1.807, 2.05) is 5.43 Å². The zero-order valence-electron chi connectivity index (χ0n) is 17.5. The molecule has 174 valence electrons. The van der Waals surface area contributed by atoms with Crippen LogP contribution in [0, 0.1) is 12.7 Å². The first-order chi connectivity index (χ1) is 16.1. The maximum absolute atomic E-state index is 13.8. The second-order valence-electron chi connectivity index (χ2n) is 7.18. The van der Waals surface area contributed by atoms with E-state index in [-0.39, 0.29) is 10.6 Å². The summed E-state index contributed by atoms with van der Waals surface area (Å²) in [5, 5.41) is 3.76. The summed E-state index contributed by atoms with van der Waals surface area (Å²) in [5.41, 5.74) is 3.52. The normalized spacial score (nSPS) is 11.3. The van der Waals surface area contributed by atoms with Crippen LogP contribution in [0.1, 0.15) is 31.3 Å². The lowest BCUT2D eigenvalue weighted by atomic mass is 10.2. The number of rotatable bonds is 4. The summed E-state index contributed by atoms with van der Waals surface area (Å²) in [6, 6.07) is 15.1. The molecule has 2 heterocycles. The Bertz CT molecular complexity index is 1360. The molecule has 0 atom stereocenters. The van der Waals surface area contributed by atoms with E-state index in [9.17, 15) is 27.2 Å². The first kappa shape index (κ1) is 23.2. The SMILES string of the molecule is Cc1ccccc1-n1ncc(C(=O)NNC(=O)c2ccc(-c3ccc(F)cc3)s2)c1C(F)(F)F. The van der Waals surface area contributed by atoms with E-state index >= 15 is 0 Å². The molecule has 0 unspecified atom stereocenters. The Kier molecular flexibility index (Phi) is 6.20. The number of hydrogen-bond donors (Lipinski definition) is 2. The van der Waals surface area contributed by atoms with Crippen LogP contribution in [0.5, 0.6) is 0 Å². The number of halogens is 4. The van der Waals surface area contributed by atoms with E-state index in [4.69, 9.17) is 0 Å². The number of alkyl halides is 3. The average molecular weight is 488 g/mol. The lowest BCUT2D eigenvalue weighted by Crippen LogP contribution is -2.42. The molecule has 0 saturated heterocycles. The molecule has 4 rings (SSSR count). The molecule has 0 saturated carbocycles. The van der Waals surface area contributed by atoms with E-state index in [2.05, 4.69) is 10.5 Å². The van der Waals surface area contributed by atoms with Crippen molar-refractivity contribution < 1.29 is 27.2 Å². The number of hydrazine groups is 1. The topological polar surface area (TPSA) is 76.0 Å². The van der Waals surface area contributed by atoms with Crippen molar-refractivity contribution in [1.29, 1.82) is 0 Å². The number of hydrogen-bond acceptors (Lipinski definition) is 4. The van der Waals surface area contributed by atoms with Crippen LogP contribution in [-0.4, -0.2) is 21.6 Å². The predicted molar refractivity (Wildman–Crippen MR) is 118 cm³/mol. The summed E-state index contributed by atoms with van der Waals surface area (Å²) in [4.78, 5) is 25.8. The van der Waals surface area contributed by atoms with Crippen LogP contribution >= 0.6 is 11.3 Å². The molecule has 11 heteroatoms. The zero-order valence-corrected chi connectivity index (χ0v) is 18.3. The van der Waals surface area contributed by atoms with Gasteiger partial charge >= 0.3 is 6.18 Å². The van der Waals surface area contributed by atoms with E-state index in [1.54, 1.807) is 43.3 Å². The van der Waals surface area contributed by atoms with Crippen molar-refractivity contribution in [1.82, 2.24) is 20.6 Å². The molecule has 6 nitrogen and oxygen atoms in total. The van der Waals surface area contributed by atoms with Gasteiger partial charge < -0.3 is 0 Å². The van der Waals surface area contributed by atoms with Crippen LogP contribution in [0.15, 0.2) is 66.9 Å². The Morgan fingerprint density at radius 3 is 2.29 bits per heavy atom. The highest BCUT2D eigenvalue weighted by atomic mass is 32.1. The lowest BCUT2D eigenvalue weighted by Gasteiger charge is -2.14. The van der Waals surface area contributed by atoms with Crippen LogP contribution in [0.25, 0.3) is 16.1 Å². The summed E-state index contributed by atoms with van der Waals surface area (Å²) in [7, 11) is 0. The molecule has 0 bridgehead atoms. The molecule has 0 radical (unpaired) electrons. The molecule has 0 spiro atoms. The number of thiophene rings is 1. The van der Waals surface area contributed by atoms with E-state index in [1.165, 1.54) is 24.3 Å². The number of aromatic nitrogens is 2. The molecule has 0 aliphatic rings. The van der Waals surface area contributed by atoms with Crippen LogP contribution in [0.4, 0.5) is 17.6 Å². The Balaban J connectivity index is 1.52. The lowest BCUT2D eigenvalue weighted by molar-refractivity contribution is -0.143. The van der Waals surface area contributed by atoms with Gasteiger partial charge in [-0.25, -0.2) is 9.07 Å². The van der Waals surface area contributed by atoms with Gasteiger partial charge in [-0.2, -0.15) is 18.3 Å². The first-order valence-corrected chi connectivity index (χ1v) is 10.6. The van der Waals surface area contributed by atoms with Crippen LogP contribution in [0.2, 0.25) is 0 Å². The Morgan fingerprint density at radius 1 is 0.941 bits per heavy atom. The minimum Gasteiger partial charge on any atom is -0.267 e. The van der Waals surface area contributed by atoms with Crippen molar-refractivity contribution in [3.8, 4) is 16.1 Å². The largest absolute Gasteiger partial charge is 0.434 e. The Labute approximate surface area is 194 Å². The predicted octanol–water partition coefficient (Wildman–Crippen LogP) is 5.14. The van der Waals surface area contributed by atoms with Crippen molar-refractivity contribution >= 4 is 23.2 Å². The average Bonchev–Trinajstić information content (AvgIpc) is 3.46. The standard InChI is InChI=1S/C23H16F4N4O2S/c1-13-4-2-3-5-17(13)31-20(23(25,26)27)16(12-28-31)21(32)29-30-22(33)19-11-10-18(34-19)14-6-8-15(24)9-7-14/h2-12H,1H3,(H,29,32)(H,30,33). The van der Waals surface area contributed by atoms with Crippen molar-refractivity contribution in [2.24, 2.45) is 0 Å². The molecule has 2 N–H and O–H groups in total. The highest BCUT2D eigenvalue weighted by Gasteiger charge is 2.40. The minimum absolute atomic E-state index is 0.171. The Hall–Kier alpha value is -3.99. The third kappa shape index (κ3) is 4.69. The van der Waals surface area contributed by atoms with Gasteiger partial charge in [-0.3, -0.25) is 20.4 Å². The Morgan fingerprint density at radius 2 is 1.62 bits per heavy atom. The van der Waals surface area contributed by atoms with E-state index < -0.39 is 35.1 Å². The van der Waals surface area contributed by atoms with Crippen molar-refractivity contribution in [3.05, 3.63) is 94.4 Å². The maximum atomic E-state index is 13.8. The highest BCUT2D eigenvalue weighted by Crippen LogP contribution is 2.34. The minimum atomic E-state index is -4.88. The first-order valence-electron chi connectivity index (χ1n) is 9.83. The third-order valence-electron chi connectivity index (χ3n) is 4.87. The van der Waals surface area contributed by atoms with Crippen molar-refractivity contribution in [2.75, 3.05) is 0 Å². The van der Waals surface area contributed by atoms with Gasteiger partial charge in [0.2, 0.25) is 0 Å². The van der Waals surface area contributed by atoms with Crippen LogP contribution in [0.3, 0.4) is 0 Å². The fourth-order valence-corrected chi connectivity index (χ4v) is 4.15. The summed E-state index contributed by atoms with van der Waals surface area (Å²) >= 11 is 1.08. The van der Waals surface area contributed by atoms with Gasteiger partial charge in [-0.05, 0) is 48.4 Å². The number of amides is 2. The molecule has 34 heavy (non-hydrogen) atoms. The summed E-state index contributed by atoms with van der Waals surface area (Å²) in [6.45, 7) is 1.62. The molecule has 0 aliphatic heterocycles. The highest BCUT2D eigenvalue weighted by molar-refractivity contribution is 7.17. The molecule has 0 aliphatic carbocycles. The van der Waals surface area contributed by atoms with E-state index in [0.29, 0.717) is 20.7 Å². The van der Waals surface area contributed by atoms with Gasteiger partial charge in [0.25, 0.3) is 11.8 Å². The molecular formula is C23H16F4N4O2S. The maximum Gasteiger partial charge on any atom is 0.434 e.